The number of nitrogens with one attached hydrogen (secondary N) is 1. The highest BCUT2D eigenvalue weighted by atomic mass is 16.7. The van der Waals surface area contributed by atoms with Crippen molar-refractivity contribution in [2.45, 2.75) is 18.9 Å². The van der Waals surface area contributed by atoms with Gasteiger partial charge in [-0.3, -0.25) is 0 Å². The number of phenolic OH excluding ortho intramolecular Hbond substituents is 1. The molecule has 4 rings (SSSR count). The molecule has 0 saturated carbocycles. The molecule has 0 radical (unpaired) electrons. The Labute approximate surface area is 152 Å². The fourth-order valence-electron chi connectivity index (χ4n) is 4.04. The predicted octanol–water partition coefficient (Wildman–Crippen LogP) is 1.91. The number of ether oxygens (including phenoxy) is 4. The van der Waals surface area contributed by atoms with E-state index in [4.69, 9.17) is 18.9 Å². The first-order chi connectivity index (χ1) is 12.7. The van der Waals surface area contributed by atoms with Crippen LogP contribution in [0.2, 0.25) is 0 Å². The highest BCUT2D eigenvalue weighted by Gasteiger charge is 2.35. The van der Waals surface area contributed by atoms with Crippen LogP contribution in [0.15, 0.2) is 30.3 Å². The van der Waals surface area contributed by atoms with E-state index >= 15 is 0 Å². The average molecular weight is 358 g/mol. The minimum atomic E-state index is -0.0722. The van der Waals surface area contributed by atoms with Gasteiger partial charge in [-0.15, -0.1) is 0 Å². The normalized spacial score (nSPS) is 17.3. The molecule has 0 bridgehead atoms. The maximum Gasteiger partial charge on any atom is 0.231 e. The molecular weight excluding hydrogens is 334 g/mol. The van der Waals surface area contributed by atoms with E-state index in [1.165, 1.54) is 17.7 Å². The molecule has 0 unspecified atom stereocenters. The van der Waals surface area contributed by atoms with Crippen molar-refractivity contribution in [1.82, 2.24) is 0 Å². The zero-order valence-electron chi connectivity index (χ0n) is 15.1. The van der Waals surface area contributed by atoms with Crippen molar-refractivity contribution < 1.29 is 29.0 Å². The van der Waals surface area contributed by atoms with Crippen molar-refractivity contribution in [2.75, 3.05) is 34.1 Å². The van der Waals surface area contributed by atoms with Gasteiger partial charge in [0.15, 0.2) is 23.0 Å². The van der Waals surface area contributed by atoms with Crippen LogP contribution in [0, 0.1) is 0 Å². The number of fused-ring (bicyclic) bond motifs is 1. The number of aromatic hydroxyl groups is 1. The second kappa shape index (κ2) is 6.96. The number of methoxy groups -OCH3 is 2. The quantitative estimate of drug-likeness (QED) is 0.855. The van der Waals surface area contributed by atoms with Crippen LogP contribution in [0.4, 0.5) is 0 Å². The van der Waals surface area contributed by atoms with Crippen molar-refractivity contribution in [3.63, 3.8) is 0 Å². The summed E-state index contributed by atoms with van der Waals surface area (Å²) >= 11 is 0. The van der Waals surface area contributed by atoms with Crippen LogP contribution < -0.4 is 23.8 Å². The van der Waals surface area contributed by atoms with Crippen molar-refractivity contribution in [1.29, 1.82) is 0 Å². The molecule has 2 aliphatic heterocycles. The van der Waals surface area contributed by atoms with Crippen molar-refractivity contribution >= 4 is 0 Å². The Morgan fingerprint density at radius 1 is 1.00 bits per heavy atom. The van der Waals surface area contributed by atoms with Gasteiger partial charge < -0.3 is 29.0 Å². The molecule has 26 heavy (non-hydrogen) atoms. The Kier molecular flexibility index (Phi) is 4.51. The minimum Gasteiger partial charge on any atom is -0.507 e. The van der Waals surface area contributed by atoms with E-state index in [1.807, 2.05) is 24.3 Å². The van der Waals surface area contributed by atoms with E-state index in [9.17, 15) is 5.11 Å². The summed E-state index contributed by atoms with van der Waals surface area (Å²) < 4.78 is 22.1. The number of para-hydroxylation sites is 1. The molecule has 138 valence electrons. The summed E-state index contributed by atoms with van der Waals surface area (Å²) in [5, 5.41) is 10.7. The topological polar surface area (TPSA) is 61.6 Å². The lowest BCUT2D eigenvalue weighted by molar-refractivity contribution is -0.913. The van der Waals surface area contributed by atoms with Crippen molar-refractivity contribution in [3.05, 3.63) is 41.5 Å². The third-order valence-corrected chi connectivity index (χ3v) is 5.23. The van der Waals surface area contributed by atoms with Gasteiger partial charge in [0.2, 0.25) is 6.79 Å². The van der Waals surface area contributed by atoms with Gasteiger partial charge >= 0.3 is 0 Å². The molecule has 1 atom stereocenters. The molecular formula is C20H24NO5+. The largest absolute Gasteiger partial charge is 0.507 e. The Balaban J connectivity index is 1.87. The Morgan fingerprint density at radius 2 is 1.73 bits per heavy atom. The summed E-state index contributed by atoms with van der Waals surface area (Å²) in [4.78, 5) is 1.39. The standard InChI is InChI=1S/C20H23NO5/c1-23-16-7-5-6-13(20(16)24-2)19(21-8-3-4-9-21)14-10-17-18(11-15(14)22)26-12-25-17/h5-7,10-11,19,22H,3-4,8-9,12H2,1-2H3/p+1/t19-/m0/s1. The van der Waals surface area contributed by atoms with Gasteiger partial charge in [0.05, 0.1) is 38.4 Å². The number of phenols is 1. The first-order valence-electron chi connectivity index (χ1n) is 8.91. The lowest BCUT2D eigenvalue weighted by atomic mass is 9.94. The van der Waals surface area contributed by atoms with Crippen LogP contribution in [0.1, 0.15) is 30.0 Å². The van der Waals surface area contributed by atoms with Gasteiger partial charge in [-0.2, -0.15) is 0 Å². The van der Waals surface area contributed by atoms with Crippen LogP contribution in [0.3, 0.4) is 0 Å². The van der Waals surface area contributed by atoms with Crippen LogP contribution in [-0.2, 0) is 0 Å². The van der Waals surface area contributed by atoms with Crippen molar-refractivity contribution in [3.8, 4) is 28.7 Å². The monoisotopic (exact) mass is 358 g/mol. The fourth-order valence-corrected chi connectivity index (χ4v) is 4.04. The molecule has 6 nitrogen and oxygen atoms in total. The van der Waals surface area contributed by atoms with E-state index in [1.54, 1.807) is 20.3 Å². The highest BCUT2D eigenvalue weighted by Crippen LogP contribution is 2.43. The van der Waals surface area contributed by atoms with Crippen molar-refractivity contribution in [2.24, 2.45) is 0 Å². The van der Waals surface area contributed by atoms with Crippen LogP contribution >= 0.6 is 0 Å². The fraction of sp³-hybridized carbons (Fsp3) is 0.400. The smallest absolute Gasteiger partial charge is 0.231 e. The van der Waals surface area contributed by atoms with Gasteiger partial charge in [-0.05, 0) is 18.2 Å². The second-order valence-corrected chi connectivity index (χ2v) is 6.65. The Hall–Kier alpha value is -2.60. The first kappa shape index (κ1) is 16.8. The molecule has 2 aromatic rings. The maximum absolute atomic E-state index is 10.7. The molecule has 2 aliphatic rings. The first-order valence-corrected chi connectivity index (χ1v) is 8.91. The summed E-state index contributed by atoms with van der Waals surface area (Å²) in [5.41, 5.74) is 1.82. The van der Waals surface area contributed by atoms with E-state index in [2.05, 4.69) is 0 Å². The van der Waals surface area contributed by atoms with Gasteiger partial charge in [-0.1, -0.05) is 6.07 Å². The molecule has 2 N–H and O–H groups in total. The summed E-state index contributed by atoms with van der Waals surface area (Å²) in [6.45, 7) is 2.26. The molecule has 6 heteroatoms. The van der Waals surface area contributed by atoms with E-state index in [0.29, 0.717) is 23.0 Å². The number of hydrogen-bond donors (Lipinski definition) is 2. The zero-order chi connectivity index (χ0) is 18.1. The Bertz CT molecular complexity index is 801. The highest BCUT2D eigenvalue weighted by molar-refractivity contribution is 5.56. The molecule has 0 spiro atoms. The predicted molar refractivity (Wildman–Crippen MR) is 95.5 cm³/mol. The van der Waals surface area contributed by atoms with Crippen LogP contribution in [0.5, 0.6) is 28.7 Å². The molecule has 1 saturated heterocycles. The third kappa shape index (κ3) is 2.80. The number of likely N-dealkylation sites (tertiary alicyclic amines) is 1. The summed E-state index contributed by atoms with van der Waals surface area (Å²) in [7, 11) is 3.29. The number of quaternary nitrogens is 1. The summed E-state index contributed by atoms with van der Waals surface area (Å²) in [5.74, 6) is 2.86. The van der Waals surface area contributed by atoms with Crippen LogP contribution in [0.25, 0.3) is 0 Å². The zero-order valence-corrected chi connectivity index (χ0v) is 15.1. The Morgan fingerprint density at radius 3 is 2.42 bits per heavy atom. The molecule has 2 aromatic carbocycles. The second-order valence-electron chi connectivity index (χ2n) is 6.65. The molecule has 2 heterocycles. The maximum atomic E-state index is 10.7. The van der Waals surface area contributed by atoms with Gasteiger partial charge in [0.25, 0.3) is 0 Å². The SMILES string of the molecule is COc1cccc([C@@H](c2cc3c(cc2O)OCO3)[NH+]2CCCC2)c1OC. The lowest BCUT2D eigenvalue weighted by Gasteiger charge is -2.27. The van der Waals surface area contributed by atoms with Crippen LogP contribution in [-0.4, -0.2) is 39.2 Å². The van der Waals surface area contributed by atoms with Gasteiger partial charge in [0, 0.05) is 18.9 Å². The van der Waals surface area contributed by atoms with Gasteiger partial charge in [0.1, 0.15) is 11.8 Å². The summed E-state index contributed by atoms with van der Waals surface area (Å²) in [6, 6.07) is 9.36. The average Bonchev–Trinajstić information content (AvgIpc) is 3.33. The van der Waals surface area contributed by atoms with Gasteiger partial charge in [-0.25, -0.2) is 0 Å². The minimum absolute atomic E-state index is 0.0722. The lowest BCUT2D eigenvalue weighted by Crippen LogP contribution is -3.10. The van der Waals surface area contributed by atoms with E-state index in [0.717, 1.165) is 24.2 Å². The number of rotatable bonds is 5. The molecule has 0 amide bonds. The summed E-state index contributed by atoms with van der Waals surface area (Å²) in [6.07, 6.45) is 2.34. The van der Waals surface area contributed by atoms with E-state index < -0.39 is 0 Å². The van der Waals surface area contributed by atoms with E-state index in [-0.39, 0.29) is 18.6 Å². The third-order valence-electron chi connectivity index (χ3n) is 5.23. The molecule has 0 aliphatic carbocycles. The number of benzene rings is 2. The number of hydrogen-bond acceptors (Lipinski definition) is 5. The molecule has 1 fully saturated rings. The molecule has 0 aromatic heterocycles.